The number of hydrogen-bond acceptors (Lipinski definition) is 4. The summed E-state index contributed by atoms with van der Waals surface area (Å²) in [6.07, 6.45) is 0. The molecule has 0 saturated carbocycles. The van der Waals surface area contributed by atoms with Crippen molar-refractivity contribution in [1.82, 2.24) is 5.32 Å². The highest BCUT2D eigenvalue weighted by Crippen LogP contribution is 2.35. The monoisotopic (exact) mass is 264 g/mol. The van der Waals surface area contributed by atoms with E-state index < -0.39 is 0 Å². The van der Waals surface area contributed by atoms with E-state index in [2.05, 4.69) is 19.2 Å². The van der Waals surface area contributed by atoms with Gasteiger partial charge in [0.05, 0.1) is 12.4 Å². The number of likely N-dealkylation sites (N-methyl/N-ethyl adjacent to an activating group) is 1. The van der Waals surface area contributed by atoms with Crippen LogP contribution in [0, 0.1) is 0 Å². The third-order valence-corrected chi connectivity index (χ3v) is 3.51. The van der Waals surface area contributed by atoms with Gasteiger partial charge in [0.2, 0.25) is 0 Å². The molecule has 1 aliphatic rings. The van der Waals surface area contributed by atoms with Crippen molar-refractivity contribution in [2.75, 3.05) is 31.8 Å². The number of aliphatic hydroxyl groups is 1. The largest absolute Gasteiger partial charge is 0.482 e. The molecule has 0 aliphatic carbocycles. The Hall–Kier alpha value is -1.59. The van der Waals surface area contributed by atoms with Crippen molar-refractivity contribution in [3.63, 3.8) is 0 Å². The van der Waals surface area contributed by atoms with Crippen molar-refractivity contribution in [1.29, 1.82) is 0 Å². The molecule has 1 aromatic carbocycles. The number of carbonyl (C=O) groups is 1. The number of fused-ring (bicyclic) bond motifs is 1. The zero-order valence-electron chi connectivity index (χ0n) is 11.6. The lowest BCUT2D eigenvalue weighted by atomic mass is 9.84. The van der Waals surface area contributed by atoms with Crippen LogP contribution < -0.4 is 15.0 Å². The molecule has 5 nitrogen and oxygen atoms in total. The number of carbonyl (C=O) groups excluding carboxylic acids is 1. The SMILES string of the molecule is CN1C(=O)COc2ccc(C(C)(C)CNCO)cc21. The Kier molecular flexibility index (Phi) is 3.78. The summed E-state index contributed by atoms with van der Waals surface area (Å²) >= 11 is 0. The van der Waals surface area contributed by atoms with Crippen LogP contribution in [0.15, 0.2) is 18.2 Å². The van der Waals surface area contributed by atoms with Gasteiger partial charge >= 0.3 is 0 Å². The van der Waals surface area contributed by atoms with Crippen LogP contribution in [0.1, 0.15) is 19.4 Å². The van der Waals surface area contributed by atoms with Gasteiger partial charge in [0.15, 0.2) is 6.61 Å². The first kappa shape index (κ1) is 13.8. The molecule has 2 N–H and O–H groups in total. The highest BCUT2D eigenvalue weighted by Gasteiger charge is 2.26. The van der Waals surface area contributed by atoms with Crippen molar-refractivity contribution in [3.05, 3.63) is 23.8 Å². The van der Waals surface area contributed by atoms with Gasteiger partial charge in [0, 0.05) is 19.0 Å². The summed E-state index contributed by atoms with van der Waals surface area (Å²) in [4.78, 5) is 13.3. The lowest BCUT2D eigenvalue weighted by Crippen LogP contribution is -2.37. The van der Waals surface area contributed by atoms with Crippen LogP contribution in [-0.4, -0.2) is 37.9 Å². The predicted octanol–water partition coefficient (Wildman–Crippen LogP) is 0.859. The number of ether oxygens (including phenoxy) is 1. The topological polar surface area (TPSA) is 61.8 Å². The van der Waals surface area contributed by atoms with Crippen LogP contribution in [0.4, 0.5) is 5.69 Å². The van der Waals surface area contributed by atoms with E-state index in [0.717, 1.165) is 17.0 Å². The van der Waals surface area contributed by atoms with Gasteiger partial charge in [-0.2, -0.15) is 0 Å². The molecule has 0 spiro atoms. The fourth-order valence-corrected chi connectivity index (χ4v) is 2.16. The van der Waals surface area contributed by atoms with Gasteiger partial charge in [-0.05, 0) is 17.7 Å². The van der Waals surface area contributed by atoms with Crippen LogP contribution in [0.2, 0.25) is 0 Å². The molecule has 0 atom stereocenters. The minimum atomic E-state index is -0.140. The molecule has 1 aliphatic heterocycles. The number of rotatable bonds is 4. The molecule has 2 rings (SSSR count). The molecule has 104 valence electrons. The highest BCUT2D eigenvalue weighted by atomic mass is 16.5. The number of nitrogens with zero attached hydrogens (tertiary/aromatic N) is 1. The smallest absolute Gasteiger partial charge is 0.264 e. The summed E-state index contributed by atoms with van der Waals surface area (Å²) in [6.45, 7) is 4.88. The van der Waals surface area contributed by atoms with Crippen molar-refractivity contribution in [3.8, 4) is 5.75 Å². The summed E-state index contributed by atoms with van der Waals surface area (Å²) in [6, 6.07) is 5.88. The van der Waals surface area contributed by atoms with E-state index in [1.807, 2.05) is 18.2 Å². The van der Waals surface area contributed by atoms with Crippen molar-refractivity contribution in [2.45, 2.75) is 19.3 Å². The Balaban J connectivity index is 2.32. The number of anilines is 1. The van der Waals surface area contributed by atoms with Crippen molar-refractivity contribution < 1.29 is 14.6 Å². The maximum Gasteiger partial charge on any atom is 0.264 e. The average molecular weight is 264 g/mol. The third kappa shape index (κ3) is 2.72. The highest BCUT2D eigenvalue weighted by molar-refractivity contribution is 5.97. The number of amides is 1. The normalized spacial score (nSPS) is 15.2. The van der Waals surface area contributed by atoms with E-state index in [-0.39, 0.29) is 24.7 Å². The van der Waals surface area contributed by atoms with Crippen LogP contribution in [-0.2, 0) is 10.2 Å². The molecule has 19 heavy (non-hydrogen) atoms. The molecular formula is C14H20N2O3. The first-order valence-corrected chi connectivity index (χ1v) is 6.31. The lowest BCUT2D eigenvalue weighted by Gasteiger charge is -2.30. The second-order valence-corrected chi connectivity index (χ2v) is 5.39. The molecule has 0 saturated heterocycles. The lowest BCUT2D eigenvalue weighted by molar-refractivity contribution is -0.120. The summed E-state index contributed by atoms with van der Waals surface area (Å²) in [5.74, 6) is 0.688. The minimum absolute atomic E-state index is 0.0454. The Morgan fingerprint density at radius 2 is 2.21 bits per heavy atom. The maximum atomic E-state index is 11.6. The van der Waals surface area contributed by atoms with E-state index >= 15 is 0 Å². The first-order valence-electron chi connectivity index (χ1n) is 6.31. The predicted molar refractivity (Wildman–Crippen MR) is 73.5 cm³/mol. The third-order valence-electron chi connectivity index (χ3n) is 3.51. The fourth-order valence-electron chi connectivity index (χ4n) is 2.16. The van der Waals surface area contributed by atoms with Crippen LogP contribution in [0.25, 0.3) is 0 Å². The molecule has 1 heterocycles. The standard InChI is InChI=1S/C14H20N2O3/c1-14(2,8-15-9-17)10-4-5-12-11(6-10)16(3)13(18)7-19-12/h4-6,15,17H,7-9H2,1-3H3. The average Bonchev–Trinajstić information content (AvgIpc) is 2.40. The minimum Gasteiger partial charge on any atom is -0.482 e. The number of hydrogen-bond donors (Lipinski definition) is 2. The van der Waals surface area contributed by atoms with E-state index in [1.54, 1.807) is 11.9 Å². The summed E-state index contributed by atoms with van der Waals surface area (Å²) < 4.78 is 5.41. The molecule has 1 amide bonds. The molecule has 0 unspecified atom stereocenters. The quantitative estimate of drug-likeness (QED) is 0.792. The molecule has 0 fully saturated rings. The number of nitrogens with one attached hydrogen (secondary N) is 1. The van der Waals surface area contributed by atoms with Gasteiger partial charge < -0.3 is 14.7 Å². The Labute approximate surface area is 113 Å². The van der Waals surface area contributed by atoms with Crippen molar-refractivity contribution >= 4 is 11.6 Å². The van der Waals surface area contributed by atoms with Crippen LogP contribution in [0.5, 0.6) is 5.75 Å². The number of aliphatic hydroxyl groups excluding tert-OH is 1. The van der Waals surface area contributed by atoms with Crippen LogP contribution in [0.3, 0.4) is 0 Å². The fraction of sp³-hybridized carbons (Fsp3) is 0.500. The van der Waals surface area contributed by atoms with Crippen molar-refractivity contribution in [2.24, 2.45) is 0 Å². The van der Waals surface area contributed by atoms with Crippen LogP contribution >= 0.6 is 0 Å². The van der Waals surface area contributed by atoms with E-state index in [1.165, 1.54) is 0 Å². The summed E-state index contributed by atoms with van der Waals surface area (Å²) in [5.41, 5.74) is 1.75. The van der Waals surface area contributed by atoms with E-state index in [4.69, 9.17) is 9.84 Å². The molecular weight excluding hydrogens is 244 g/mol. The summed E-state index contributed by atoms with van der Waals surface area (Å²) in [5, 5.41) is 11.8. The Bertz CT molecular complexity index is 486. The van der Waals surface area contributed by atoms with Gasteiger partial charge in [-0.3, -0.25) is 10.1 Å². The van der Waals surface area contributed by atoms with E-state index in [0.29, 0.717) is 6.54 Å². The number of benzene rings is 1. The molecule has 5 heteroatoms. The van der Waals surface area contributed by atoms with Gasteiger partial charge in [-0.1, -0.05) is 19.9 Å². The molecule has 0 aromatic heterocycles. The Morgan fingerprint density at radius 3 is 2.89 bits per heavy atom. The second kappa shape index (κ2) is 5.19. The van der Waals surface area contributed by atoms with Gasteiger partial charge in [0.25, 0.3) is 5.91 Å². The molecule has 0 bridgehead atoms. The first-order chi connectivity index (χ1) is 8.95. The zero-order valence-corrected chi connectivity index (χ0v) is 11.6. The molecule has 0 radical (unpaired) electrons. The Morgan fingerprint density at radius 1 is 1.47 bits per heavy atom. The maximum absolute atomic E-state index is 11.6. The zero-order chi connectivity index (χ0) is 14.0. The summed E-state index contributed by atoms with van der Waals surface area (Å²) in [7, 11) is 1.76. The van der Waals surface area contributed by atoms with Gasteiger partial charge in [-0.15, -0.1) is 0 Å². The molecule has 1 aromatic rings. The van der Waals surface area contributed by atoms with E-state index in [9.17, 15) is 4.79 Å². The second-order valence-electron chi connectivity index (χ2n) is 5.39. The van der Waals surface area contributed by atoms with Gasteiger partial charge in [0.1, 0.15) is 5.75 Å². The van der Waals surface area contributed by atoms with Gasteiger partial charge in [-0.25, -0.2) is 0 Å².